The predicted molar refractivity (Wildman–Crippen MR) is 71.5 cm³/mol. The van der Waals surface area contributed by atoms with Gasteiger partial charge in [0.2, 0.25) is 5.90 Å². The molecule has 9 heteroatoms. The van der Waals surface area contributed by atoms with E-state index in [9.17, 15) is 8.60 Å². The van der Waals surface area contributed by atoms with Gasteiger partial charge in [-0.3, -0.25) is 4.90 Å². The second-order valence-corrected chi connectivity index (χ2v) is 6.39. The first kappa shape index (κ1) is 14.2. The molecule has 2 rings (SSSR count). The van der Waals surface area contributed by atoms with Gasteiger partial charge in [0.15, 0.2) is 0 Å². The van der Waals surface area contributed by atoms with Crippen molar-refractivity contribution in [3.05, 3.63) is 11.1 Å². The molecule has 2 aliphatic heterocycles. The van der Waals surface area contributed by atoms with Crippen LogP contribution in [0.1, 0.15) is 0 Å². The number of nitrogens with two attached hydrogens (primary N) is 2. The lowest BCUT2D eigenvalue weighted by Gasteiger charge is -2.41. The zero-order valence-corrected chi connectivity index (χ0v) is 11.5. The number of nitrogens with zero attached hydrogens (tertiary/aromatic N) is 3. The van der Waals surface area contributed by atoms with Crippen molar-refractivity contribution in [2.75, 3.05) is 33.3 Å². The molecule has 0 aromatic carbocycles. The van der Waals surface area contributed by atoms with Crippen LogP contribution in [-0.4, -0.2) is 60.5 Å². The zero-order chi connectivity index (χ0) is 14.0. The summed E-state index contributed by atoms with van der Waals surface area (Å²) in [7, 11) is -1.72. The fourth-order valence-corrected chi connectivity index (χ4v) is 2.74. The smallest absolute Gasteiger partial charge is 0.229 e. The third-order valence-corrected chi connectivity index (χ3v) is 4.67. The highest BCUT2D eigenvalue weighted by atomic mass is 32.2. The molecule has 19 heavy (non-hydrogen) atoms. The topological polar surface area (TPSA) is 106 Å². The molecule has 0 radical (unpaired) electrons. The molecular weight excluding hydrogens is 273 g/mol. The molecule has 1 fully saturated rings. The summed E-state index contributed by atoms with van der Waals surface area (Å²) in [4.78, 5) is 6.24. The van der Waals surface area contributed by atoms with Gasteiger partial charge in [0, 0.05) is 26.3 Å². The Bertz CT molecular complexity index is 520. The van der Waals surface area contributed by atoms with E-state index in [1.54, 1.807) is 0 Å². The van der Waals surface area contributed by atoms with Crippen molar-refractivity contribution in [3.63, 3.8) is 0 Å². The van der Waals surface area contributed by atoms with Crippen LogP contribution in [-0.2, 0) is 14.7 Å². The Hall–Kier alpha value is -1.19. The number of hydrogen-bond donors (Lipinski definition) is 2. The van der Waals surface area contributed by atoms with Gasteiger partial charge >= 0.3 is 0 Å². The Morgan fingerprint density at radius 3 is 2.79 bits per heavy atom. The van der Waals surface area contributed by atoms with E-state index in [-0.39, 0.29) is 16.8 Å². The molecule has 2 aliphatic rings. The van der Waals surface area contributed by atoms with Gasteiger partial charge in [0.05, 0.1) is 12.6 Å². The molecule has 2 heterocycles. The molecule has 4 N–H and O–H groups in total. The van der Waals surface area contributed by atoms with Crippen LogP contribution in [0.25, 0.3) is 0 Å². The van der Waals surface area contributed by atoms with E-state index < -0.39 is 16.1 Å². The Morgan fingerprint density at radius 1 is 1.68 bits per heavy atom. The minimum atomic E-state index is -3.07. The second-order valence-electron chi connectivity index (χ2n) is 4.44. The van der Waals surface area contributed by atoms with Crippen molar-refractivity contribution >= 4 is 15.8 Å². The number of halogens is 1. The van der Waals surface area contributed by atoms with Crippen molar-refractivity contribution in [3.8, 4) is 0 Å². The first-order valence-corrected chi connectivity index (χ1v) is 7.46. The maximum Gasteiger partial charge on any atom is 0.229 e. The molecule has 2 unspecified atom stereocenters. The lowest BCUT2D eigenvalue weighted by atomic mass is 10.1. The summed E-state index contributed by atoms with van der Waals surface area (Å²) in [5.41, 5.74) is 5.41. The number of ether oxygens (including phenoxy) is 1. The van der Waals surface area contributed by atoms with Crippen LogP contribution < -0.4 is 10.9 Å². The molecule has 0 saturated carbocycles. The van der Waals surface area contributed by atoms with Gasteiger partial charge in [-0.05, 0) is 0 Å². The molecule has 2 atom stereocenters. The maximum absolute atomic E-state index is 12.8. The van der Waals surface area contributed by atoms with Gasteiger partial charge in [0.25, 0.3) is 0 Å². The number of rotatable bonds is 3. The Kier molecular flexibility index (Phi) is 4.07. The van der Waals surface area contributed by atoms with E-state index in [2.05, 4.69) is 9.36 Å². The predicted octanol–water partition coefficient (Wildman–Crippen LogP) is -0.791. The number of alkyl halides is 1. The van der Waals surface area contributed by atoms with Crippen molar-refractivity contribution < 1.29 is 13.3 Å². The highest BCUT2D eigenvalue weighted by molar-refractivity contribution is 7.96. The third-order valence-electron chi connectivity index (χ3n) is 3.19. The van der Waals surface area contributed by atoms with Gasteiger partial charge in [-0.15, -0.1) is 0 Å². The maximum atomic E-state index is 12.8. The summed E-state index contributed by atoms with van der Waals surface area (Å²) < 4.78 is 33.8. The Balaban J connectivity index is 2.06. The van der Waals surface area contributed by atoms with E-state index >= 15 is 0 Å². The van der Waals surface area contributed by atoms with Crippen molar-refractivity contribution in [2.45, 2.75) is 12.2 Å². The van der Waals surface area contributed by atoms with E-state index in [0.29, 0.717) is 26.2 Å². The van der Waals surface area contributed by atoms with Crippen molar-refractivity contribution in [1.82, 2.24) is 4.90 Å². The highest BCUT2D eigenvalue weighted by Gasteiger charge is 2.35. The van der Waals surface area contributed by atoms with Crippen molar-refractivity contribution in [1.29, 1.82) is 0 Å². The standard InChI is InChI=1S/C10H18FN5O2S/c1-14-19(13,17)9(2-12)10-15-3-8(6-18-10)16-4-7(11)5-16/h2,7-8H,3-6,12H2,1H3,(H2,13,14,17)/b9-2+. The van der Waals surface area contributed by atoms with Gasteiger partial charge < -0.3 is 10.5 Å². The highest BCUT2D eigenvalue weighted by Crippen LogP contribution is 2.19. The number of aliphatic imine (C=N–C) groups is 1. The monoisotopic (exact) mass is 291 g/mol. The zero-order valence-electron chi connectivity index (χ0n) is 10.7. The lowest BCUT2D eigenvalue weighted by Crippen LogP contribution is -2.57. The largest absolute Gasteiger partial charge is 0.475 e. The average Bonchev–Trinajstić information content (AvgIpc) is 2.37. The van der Waals surface area contributed by atoms with E-state index in [0.717, 1.165) is 6.20 Å². The summed E-state index contributed by atoms with van der Waals surface area (Å²) in [6.45, 7) is 1.62. The fraction of sp³-hybridized carbons (Fsp3) is 0.700. The van der Waals surface area contributed by atoms with Crippen LogP contribution in [0.15, 0.2) is 20.5 Å². The van der Waals surface area contributed by atoms with Gasteiger partial charge in [0.1, 0.15) is 27.6 Å². The number of hydrogen-bond acceptors (Lipinski definition) is 6. The molecular formula is C10H18FN5O2S. The minimum Gasteiger partial charge on any atom is -0.475 e. The molecule has 0 aromatic rings. The van der Waals surface area contributed by atoms with E-state index in [4.69, 9.17) is 15.6 Å². The van der Waals surface area contributed by atoms with Gasteiger partial charge in [-0.1, -0.05) is 0 Å². The second kappa shape index (κ2) is 5.43. The van der Waals surface area contributed by atoms with E-state index in [1.165, 1.54) is 7.05 Å². The molecule has 7 nitrogen and oxygen atoms in total. The van der Waals surface area contributed by atoms with E-state index in [1.807, 2.05) is 4.90 Å². The Labute approximate surface area is 111 Å². The summed E-state index contributed by atoms with van der Waals surface area (Å²) >= 11 is 0. The van der Waals surface area contributed by atoms with Crippen molar-refractivity contribution in [2.24, 2.45) is 20.2 Å². The van der Waals surface area contributed by atoms with Crippen LogP contribution in [0.2, 0.25) is 0 Å². The normalized spacial score (nSPS) is 28.9. The lowest BCUT2D eigenvalue weighted by molar-refractivity contribution is 0.00709. The van der Waals surface area contributed by atoms with Crippen LogP contribution in [0.4, 0.5) is 4.39 Å². The summed E-state index contributed by atoms with van der Waals surface area (Å²) in [5.74, 6) is 0.161. The molecule has 0 aliphatic carbocycles. The summed E-state index contributed by atoms with van der Waals surface area (Å²) in [6.07, 6.45) is 0.349. The molecule has 0 bridgehead atoms. The molecule has 1 saturated heterocycles. The van der Waals surface area contributed by atoms with Gasteiger partial charge in [-0.25, -0.2) is 23.1 Å². The molecule has 0 spiro atoms. The van der Waals surface area contributed by atoms with Gasteiger partial charge in [-0.2, -0.15) is 0 Å². The third kappa shape index (κ3) is 2.88. The number of likely N-dealkylation sites (tertiary alicyclic amines) is 1. The molecule has 0 amide bonds. The first-order valence-electron chi connectivity index (χ1n) is 5.88. The van der Waals surface area contributed by atoms with Crippen LogP contribution >= 0.6 is 0 Å². The minimum absolute atomic E-state index is 0.0437. The molecule has 108 valence electrons. The van der Waals surface area contributed by atoms with Crippen LogP contribution in [0.5, 0.6) is 0 Å². The molecule has 0 aromatic heterocycles. The SMILES string of the molecule is CN=S(N)(=O)/C(=C/N)C1=NCC(N2CC(F)C2)CO1. The quantitative estimate of drug-likeness (QED) is 0.710. The Morgan fingerprint density at radius 2 is 2.37 bits per heavy atom. The van der Waals surface area contributed by atoms with Crippen LogP contribution in [0.3, 0.4) is 0 Å². The first-order chi connectivity index (χ1) is 8.97. The summed E-state index contributed by atoms with van der Waals surface area (Å²) in [6, 6.07) is 0.0437. The average molecular weight is 291 g/mol. The summed E-state index contributed by atoms with van der Waals surface area (Å²) in [5, 5.41) is 5.54. The van der Waals surface area contributed by atoms with Crippen LogP contribution in [0, 0.1) is 0 Å². The fourth-order valence-electron chi connectivity index (χ4n) is 1.98.